The molecule has 0 bridgehead atoms. The molecule has 3 rings (SSSR count). The number of rotatable bonds is 5. The molecule has 0 spiro atoms. The van der Waals surface area contributed by atoms with Crippen LogP contribution in [0.4, 0.5) is 5.69 Å². The monoisotopic (exact) mass is 410 g/mol. The predicted molar refractivity (Wildman–Crippen MR) is 115 cm³/mol. The third-order valence-corrected chi connectivity index (χ3v) is 4.73. The fraction of sp³-hybridized carbons (Fsp3) is 0.0909. The molecule has 4 nitrogen and oxygen atoms in total. The van der Waals surface area contributed by atoms with Crippen molar-refractivity contribution in [1.29, 1.82) is 0 Å². The van der Waals surface area contributed by atoms with Crippen molar-refractivity contribution in [2.75, 3.05) is 12.4 Å². The number of nitrogens with zero attached hydrogens (tertiary/aromatic N) is 1. The van der Waals surface area contributed by atoms with E-state index in [2.05, 4.69) is 5.32 Å². The minimum atomic E-state index is -0.257. The van der Waals surface area contributed by atoms with Crippen LogP contribution >= 0.6 is 23.8 Å². The van der Waals surface area contributed by atoms with Gasteiger partial charge in [0.15, 0.2) is 17.4 Å². The number of anilines is 1. The number of ether oxygens (including phenoxy) is 1. The lowest BCUT2D eigenvalue weighted by atomic mass is 10.1. The third-order valence-electron chi connectivity index (χ3n) is 4.10. The molecule has 0 saturated carbocycles. The highest BCUT2D eigenvalue weighted by molar-refractivity contribution is 7.81. The van der Waals surface area contributed by atoms with Crippen LogP contribution in [0.25, 0.3) is 11.5 Å². The topological polar surface area (TPSA) is 48.2 Å². The number of hydrogen-bond donors (Lipinski definition) is 1. The van der Waals surface area contributed by atoms with Crippen molar-refractivity contribution in [3.8, 4) is 5.75 Å². The zero-order chi connectivity index (χ0) is 20.1. The normalized spacial score (nSPS) is 11.5. The zero-order valence-electron chi connectivity index (χ0n) is 15.5. The number of hydrogen-bond acceptors (Lipinski definition) is 3. The molecular weight excluding hydrogens is 392 g/mol. The van der Waals surface area contributed by atoms with Gasteiger partial charge in [-0.1, -0.05) is 42.0 Å². The first kappa shape index (κ1) is 19.9. The van der Waals surface area contributed by atoms with Crippen molar-refractivity contribution in [3.63, 3.8) is 0 Å². The summed E-state index contributed by atoms with van der Waals surface area (Å²) in [5, 5.41) is 16.8. The average molecular weight is 411 g/mol. The Morgan fingerprint density at radius 3 is 2.43 bits per heavy atom. The standard InChI is InChI=1S/C22H19ClN2O2S/c1-15-6-5-13-25(14-15)20(21(26)18-7-3-4-8-19(18)23)22(28)24-16-9-11-17(27-2)12-10-16/h3-14H,1-2H3,(H-,24,26,28). The van der Waals surface area contributed by atoms with Gasteiger partial charge in [-0.15, -0.1) is 0 Å². The lowest BCUT2D eigenvalue weighted by Gasteiger charge is -2.18. The molecule has 1 heterocycles. The van der Waals surface area contributed by atoms with Gasteiger partial charge in [0.25, 0.3) is 0 Å². The van der Waals surface area contributed by atoms with Crippen LogP contribution in [0.15, 0.2) is 73.1 Å². The third kappa shape index (κ3) is 4.50. The maximum absolute atomic E-state index is 13.3. The van der Waals surface area contributed by atoms with E-state index in [1.165, 1.54) is 0 Å². The van der Waals surface area contributed by atoms with E-state index in [9.17, 15) is 5.11 Å². The number of nitrogens with one attached hydrogen (secondary N) is 1. The summed E-state index contributed by atoms with van der Waals surface area (Å²) in [4.78, 5) is 0.297. The summed E-state index contributed by atoms with van der Waals surface area (Å²) in [7, 11) is 1.61. The molecule has 0 aliphatic carbocycles. The fourth-order valence-corrected chi connectivity index (χ4v) is 3.24. The Morgan fingerprint density at radius 2 is 1.79 bits per heavy atom. The fourth-order valence-electron chi connectivity index (χ4n) is 2.71. The van der Waals surface area contributed by atoms with E-state index in [0.717, 1.165) is 17.0 Å². The van der Waals surface area contributed by atoms with Crippen LogP contribution in [0.2, 0.25) is 5.02 Å². The highest BCUT2D eigenvalue weighted by Gasteiger charge is 2.20. The molecule has 1 N–H and O–H groups in total. The summed E-state index contributed by atoms with van der Waals surface area (Å²) in [6.07, 6.45) is 3.64. The molecule has 3 aromatic rings. The van der Waals surface area contributed by atoms with E-state index < -0.39 is 0 Å². The van der Waals surface area contributed by atoms with Gasteiger partial charge in [0, 0.05) is 22.3 Å². The number of pyridine rings is 1. The second-order valence-corrected chi connectivity index (χ2v) is 6.94. The highest BCUT2D eigenvalue weighted by atomic mass is 35.5. The Morgan fingerprint density at radius 1 is 1.07 bits per heavy atom. The Balaban J connectivity index is 2.06. The number of methoxy groups -OCH3 is 1. The molecule has 0 atom stereocenters. The smallest absolute Gasteiger partial charge is 0.238 e. The zero-order valence-corrected chi connectivity index (χ0v) is 17.1. The predicted octanol–water partition coefficient (Wildman–Crippen LogP) is 4.07. The Bertz CT molecular complexity index is 1030. The van der Waals surface area contributed by atoms with E-state index in [-0.39, 0.29) is 5.76 Å². The number of aryl methyl sites for hydroxylation is 1. The van der Waals surface area contributed by atoms with Crippen LogP contribution in [0.5, 0.6) is 5.75 Å². The van der Waals surface area contributed by atoms with E-state index >= 15 is 0 Å². The largest absolute Gasteiger partial charge is 0.867 e. The number of thiocarbonyl (C=S) groups is 1. The second kappa shape index (κ2) is 8.87. The Hall–Kier alpha value is -2.89. The van der Waals surface area contributed by atoms with Gasteiger partial charge in [-0.05, 0) is 54.6 Å². The average Bonchev–Trinajstić information content (AvgIpc) is 2.69. The van der Waals surface area contributed by atoms with Crippen molar-refractivity contribution < 1.29 is 14.4 Å². The minimum Gasteiger partial charge on any atom is -0.867 e. The van der Waals surface area contributed by atoms with Crippen molar-refractivity contribution >= 4 is 46.0 Å². The van der Waals surface area contributed by atoms with Crippen LogP contribution in [0.3, 0.4) is 0 Å². The molecule has 2 aromatic carbocycles. The first-order valence-electron chi connectivity index (χ1n) is 8.59. The van der Waals surface area contributed by atoms with E-state index in [4.69, 9.17) is 28.6 Å². The molecule has 0 unspecified atom stereocenters. The van der Waals surface area contributed by atoms with Crippen molar-refractivity contribution in [1.82, 2.24) is 0 Å². The molecular formula is C22H19ClN2O2S. The molecule has 1 aromatic heterocycles. The summed E-state index contributed by atoms with van der Waals surface area (Å²) in [6, 6.07) is 18.1. The van der Waals surface area contributed by atoms with Gasteiger partial charge < -0.3 is 15.2 Å². The highest BCUT2D eigenvalue weighted by Crippen LogP contribution is 2.24. The summed E-state index contributed by atoms with van der Waals surface area (Å²) in [6.45, 7) is 1.95. The number of aromatic nitrogens is 1. The van der Waals surface area contributed by atoms with Crippen molar-refractivity contribution in [2.24, 2.45) is 0 Å². The summed E-state index contributed by atoms with van der Waals surface area (Å²) in [5.41, 5.74) is 2.47. The van der Waals surface area contributed by atoms with Crippen LogP contribution < -0.4 is 19.7 Å². The summed E-state index contributed by atoms with van der Waals surface area (Å²) < 4.78 is 6.90. The van der Waals surface area contributed by atoms with Crippen molar-refractivity contribution in [2.45, 2.75) is 6.92 Å². The first-order valence-corrected chi connectivity index (χ1v) is 9.38. The van der Waals surface area contributed by atoms with Gasteiger partial charge in [-0.3, -0.25) is 0 Å². The SMILES string of the molecule is COc1ccc(NC(=S)C(=C([O-])c2ccccc2Cl)[n+]2cccc(C)c2)cc1. The maximum atomic E-state index is 13.3. The van der Waals surface area contributed by atoms with E-state index in [1.54, 1.807) is 42.1 Å². The molecule has 0 aliphatic rings. The molecule has 0 aliphatic heterocycles. The van der Waals surface area contributed by atoms with Gasteiger partial charge in [-0.2, -0.15) is 4.57 Å². The minimum absolute atomic E-state index is 0.257. The van der Waals surface area contributed by atoms with Gasteiger partial charge in [0.05, 0.1) is 7.11 Å². The molecule has 6 heteroatoms. The number of benzene rings is 2. The lowest BCUT2D eigenvalue weighted by molar-refractivity contribution is -0.578. The lowest BCUT2D eigenvalue weighted by Crippen LogP contribution is -2.40. The van der Waals surface area contributed by atoms with E-state index in [1.807, 2.05) is 49.5 Å². The Kier molecular flexibility index (Phi) is 6.29. The van der Waals surface area contributed by atoms with Gasteiger partial charge in [0.1, 0.15) is 5.75 Å². The van der Waals surface area contributed by atoms with Gasteiger partial charge in [-0.25, -0.2) is 0 Å². The first-order chi connectivity index (χ1) is 13.5. The van der Waals surface area contributed by atoms with Crippen molar-refractivity contribution in [3.05, 3.63) is 89.2 Å². The van der Waals surface area contributed by atoms with Crippen LogP contribution in [-0.2, 0) is 0 Å². The quantitative estimate of drug-likeness (QED) is 0.298. The molecule has 142 valence electrons. The van der Waals surface area contributed by atoms with Gasteiger partial charge in [0.2, 0.25) is 5.70 Å². The van der Waals surface area contributed by atoms with Crippen LogP contribution in [-0.4, -0.2) is 12.1 Å². The summed E-state index contributed by atoms with van der Waals surface area (Å²) >= 11 is 11.9. The molecule has 0 saturated heterocycles. The second-order valence-electron chi connectivity index (χ2n) is 6.13. The van der Waals surface area contributed by atoms with Crippen LogP contribution in [0.1, 0.15) is 11.1 Å². The molecule has 0 amide bonds. The number of halogens is 1. The van der Waals surface area contributed by atoms with E-state index in [0.29, 0.717) is 21.3 Å². The van der Waals surface area contributed by atoms with Crippen LogP contribution in [0, 0.1) is 6.92 Å². The summed E-state index contributed by atoms with van der Waals surface area (Å²) in [5.74, 6) is 0.480. The molecule has 0 fully saturated rings. The molecule has 28 heavy (non-hydrogen) atoms. The molecule has 0 radical (unpaired) electrons. The van der Waals surface area contributed by atoms with Gasteiger partial charge >= 0.3 is 0 Å². The Labute approximate surface area is 174 Å². The maximum Gasteiger partial charge on any atom is 0.238 e.